The molecule has 0 aromatic carbocycles. The zero-order valence-electron chi connectivity index (χ0n) is 8.03. The van der Waals surface area contributed by atoms with Crippen molar-refractivity contribution in [3.8, 4) is 0 Å². The highest BCUT2D eigenvalue weighted by Crippen LogP contribution is 2.01. The van der Waals surface area contributed by atoms with Crippen molar-refractivity contribution >= 4 is 10.9 Å². The number of hydrogen-bond donors (Lipinski definition) is 0. The summed E-state index contributed by atoms with van der Waals surface area (Å²) in [7, 11) is 0.730. The van der Waals surface area contributed by atoms with Gasteiger partial charge in [-0.25, -0.2) is 0 Å². The first-order chi connectivity index (χ1) is 4.81. The van der Waals surface area contributed by atoms with Gasteiger partial charge in [0.05, 0.1) is 6.26 Å². The average molecular weight is 288 g/mol. The molecule has 0 radical (unpaired) electrons. The Labute approximate surface area is 91.9 Å². The molecule has 0 heterocycles. The molecule has 0 rings (SSSR count). The Morgan fingerprint density at radius 3 is 1.55 bits per heavy atom. The van der Waals surface area contributed by atoms with Gasteiger partial charge in [-0.2, -0.15) is 0 Å². The lowest BCUT2D eigenvalue weighted by atomic mass is 10.4. The lowest BCUT2D eigenvalue weighted by Gasteiger charge is -2.00. The van der Waals surface area contributed by atoms with E-state index in [1.54, 1.807) is 0 Å². The molecular formula is C9H21IS. The van der Waals surface area contributed by atoms with Gasteiger partial charge >= 0.3 is 0 Å². The first-order valence-electron chi connectivity index (χ1n) is 4.40. The Hall–Kier alpha value is 1.08. The summed E-state index contributed by atoms with van der Waals surface area (Å²) in [5, 5.41) is 0. The van der Waals surface area contributed by atoms with E-state index in [9.17, 15) is 0 Å². The average Bonchev–Trinajstić information content (AvgIpc) is 1.97. The van der Waals surface area contributed by atoms with E-state index in [1.807, 2.05) is 0 Å². The largest absolute Gasteiger partial charge is 1.00 e. The summed E-state index contributed by atoms with van der Waals surface area (Å²) >= 11 is 0. The molecule has 0 bridgehead atoms. The topological polar surface area (TPSA) is 0 Å². The van der Waals surface area contributed by atoms with Crippen LogP contribution in [-0.2, 0) is 10.9 Å². The normalized spacial score (nSPS) is 9.82. The second kappa shape index (κ2) is 11.1. The van der Waals surface area contributed by atoms with Crippen LogP contribution < -0.4 is 24.0 Å². The Kier molecular flexibility index (Phi) is 14.7. The predicted molar refractivity (Wildman–Crippen MR) is 52.8 cm³/mol. The van der Waals surface area contributed by atoms with Gasteiger partial charge in [0.2, 0.25) is 0 Å². The van der Waals surface area contributed by atoms with Crippen LogP contribution in [0.25, 0.3) is 0 Å². The summed E-state index contributed by atoms with van der Waals surface area (Å²) < 4.78 is 0. The molecule has 0 nitrogen and oxygen atoms in total. The Morgan fingerprint density at radius 2 is 1.27 bits per heavy atom. The van der Waals surface area contributed by atoms with Crippen LogP contribution in [0.4, 0.5) is 0 Å². The third-order valence-corrected chi connectivity index (χ3v) is 3.66. The van der Waals surface area contributed by atoms with Gasteiger partial charge in [0.15, 0.2) is 0 Å². The summed E-state index contributed by atoms with van der Waals surface area (Å²) in [5.74, 6) is 2.94. The summed E-state index contributed by atoms with van der Waals surface area (Å²) in [4.78, 5) is 0. The summed E-state index contributed by atoms with van der Waals surface area (Å²) in [5.41, 5.74) is 0. The first kappa shape index (κ1) is 14.6. The molecule has 0 unspecified atom stereocenters. The van der Waals surface area contributed by atoms with Gasteiger partial charge in [-0.1, -0.05) is 26.7 Å². The van der Waals surface area contributed by atoms with Gasteiger partial charge in [-0.15, -0.1) is 0 Å². The van der Waals surface area contributed by atoms with Crippen LogP contribution in [0, 0.1) is 0 Å². The van der Waals surface area contributed by atoms with Gasteiger partial charge in [-0.05, 0) is 23.7 Å². The molecule has 0 aliphatic heterocycles. The molecule has 0 aliphatic carbocycles. The van der Waals surface area contributed by atoms with Crippen LogP contribution >= 0.6 is 0 Å². The molecular weight excluding hydrogens is 267 g/mol. The third kappa shape index (κ3) is 11.1. The monoisotopic (exact) mass is 288 g/mol. The van der Waals surface area contributed by atoms with E-state index in [2.05, 4.69) is 20.1 Å². The lowest BCUT2D eigenvalue weighted by Crippen LogP contribution is -3.00. The van der Waals surface area contributed by atoms with Crippen LogP contribution in [-0.4, -0.2) is 17.8 Å². The second-order valence-corrected chi connectivity index (χ2v) is 5.28. The molecule has 0 fully saturated rings. The fourth-order valence-electron chi connectivity index (χ4n) is 0.884. The van der Waals surface area contributed by atoms with Crippen molar-refractivity contribution in [2.75, 3.05) is 17.8 Å². The summed E-state index contributed by atoms with van der Waals surface area (Å²) in [6.45, 7) is 4.55. The van der Waals surface area contributed by atoms with Crippen LogP contribution in [0.2, 0.25) is 0 Å². The van der Waals surface area contributed by atoms with Gasteiger partial charge < -0.3 is 24.0 Å². The maximum Gasteiger partial charge on any atom is 0.107 e. The standard InChI is InChI=1S/C9H21S.HI/c1-4-6-8-10(3)9-7-5-2;/h4-9H2,1-3H3;1H/q+1;/p-1. The summed E-state index contributed by atoms with van der Waals surface area (Å²) in [6, 6.07) is 0. The van der Waals surface area contributed by atoms with Crippen molar-refractivity contribution in [1.82, 2.24) is 0 Å². The van der Waals surface area contributed by atoms with E-state index >= 15 is 0 Å². The maximum atomic E-state index is 2.41. The van der Waals surface area contributed by atoms with Crippen molar-refractivity contribution in [3.63, 3.8) is 0 Å². The number of unbranched alkanes of at least 4 members (excludes halogenated alkanes) is 2. The highest BCUT2D eigenvalue weighted by atomic mass is 127. The quantitative estimate of drug-likeness (QED) is 0.471. The Bertz CT molecular complexity index is 58.6. The number of rotatable bonds is 6. The summed E-state index contributed by atoms with van der Waals surface area (Å²) in [6.07, 6.45) is 8.00. The van der Waals surface area contributed by atoms with Crippen molar-refractivity contribution in [2.24, 2.45) is 0 Å². The molecule has 0 aliphatic rings. The van der Waals surface area contributed by atoms with Gasteiger partial charge in [-0.3, -0.25) is 0 Å². The van der Waals surface area contributed by atoms with Gasteiger partial charge in [0, 0.05) is 0 Å². The van der Waals surface area contributed by atoms with E-state index in [0.717, 1.165) is 10.9 Å². The van der Waals surface area contributed by atoms with Crippen LogP contribution in [0.5, 0.6) is 0 Å². The zero-order chi connectivity index (χ0) is 7.82. The minimum atomic E-state index is 0. The molecule has 11 heavy (non-hydrogen) atoms. The minimum absolute atomic E-state index is 0. The van der Waals surface area contributed by atoms with Gasteiger partial charge in [0.1, 0.15) is 11.5 Å². The third-order valence-electron chi connectivity index (χ3n) is 1.69. The lowest BCUT2D eigenvalue weighted by molar-refractivity contribution is -0.00000238. The molecule has 0 N–H and O–H groups in total. The molecule has 0 saturated carbocycles. The molecule has 0 saturated heterocycles. The van der Waals surface area contributed by atoms with Gasteiger partial charge in [0.25, 0.3) is 0 Å². The fourth-order valence-corrected chi connectivity index (χ4v) is 2.65. The SMILES string of the molecule is CCCC[S+](C)CCCC.[I-]. The second-order valence-electron chi connectivity index (χ2n) is 2.90. The van der Waals surface area contributed by atoms with Crippen molar-refractivity contribution in [3.05, 3.63) is 0 Å². The van der Waals surface area contributed by atoms with E-state index in [-0.39, 0.29) is 24.0 Å². The maximum absolute atomic E-state index is 2.41. The Balaban J connectivity index is 0. The van der Waals surface area contributed by atoms with E-state index < -0.39 is 0 Å². The molecule has 0 aromatic heterocycles. The molecule has 0 atom stereocenters. The van der Waals surface area contributed by atoms with Crippen LogP contribution in [0.3, 0.4) is 0 Å². The molecule has 2 heteroatoms. The number of halogens is 1. The van der Waals surface area contributed by atoms with Crippen LogP contribution in [0.15, 0.2) is 0 Å². The molecule has 0 spiro atoms. The Morgan fingerprint density at radius 1 is 0.909 bits per heavy atom. The highest BCUT2D eigenvalue weighted by Gasteiger charge is 2.07. The predicted octanol–water partition coefficient (Wildman–Crippen LogP) is -0.161. The van der Waals surface area contributed by atoms with E-state index in [0.29, 0.717) is 0 Å². The smallest absolute Gasteiger partial charge is 0.107 e. The highest BCUT2D eigenvalue weighted by molar-refractivity contribution is 7.96. The van der Waals surface area contributed by atoms with Crippen molar-refractivity contribution in [1.29, 1.82) is 0 Å². The minimum Gasteiger partial charge on any atom is -1.00 e. The van der Waals surface area contributed by atoms with E-state index in [1.165, 1.54) is 37.2 Å². The van der Waals surface area contributed by atoms with Crippen molar-refractivity contribution in [2.45, 2.75) is 39.5 Å². The first-order valence-corrected chi connectivity index (χ1v) is 6.37. The molecule has 70 valence electrons. The fraction of sp³-hybridized carbons (Fsp3) is 1.00. The molecule has 0 aromatic rings. The van der Waals surface area contributed by atoms with E-state index in [4.69, 9.17) is 0 Å². The number of hydrogen-bond acceptors (Lipinski definition) is 0. The van der Waals surface area contributed by atoms with Crippen LogP contribution in [0.1, 0.15) is 39.5 Å². The van der Waals surface area contributed by atoms with Crippen molar-refractivity contribution < 1.29 is 24.0 Å². The molecule has 0 amide bonds. The zero-order valence-corrected chi connectivity index (χ0v) is 11.0.